The summed E-state index contributed by atoms with van der Waals surface area (Å²) in [7, 11) is 0. The van der Waals surface area contributed by atoms with Crippen molar-refractivity contribution >= 4 is 23.6 Å². The number of alkyl halides is 2. The molecule has 0 saturated carbocycles. The summed E-state index contributed by atoms with van der Waals surface area (Å²) in [5.74, 6) is -6.20. The number of allylic oxidation sites excluding steroid dienone is 2. The number of carbonyl (C=O) groups is 1. The van der Waals surface area contributed by atoms with Gasteiger partial charge in [-0.3, -0.25) is 4.79 Å². The Hall–Kier alpha value is -1.62. The Morgan fingerprint density at radius 1 is 1.65 bits per heavy atom. The van der Waals surface area contributed by atoms with Crippen LogP contribution in [0, 0.1) is 6.92 Å². The van der Waals surface area contributed by atoms with E-state index in [1.807, 2.05) is 0 Å². The van der Waals surface area contributed by atoms with E-state index < -0.39 is 17.6 Å². The van der Waals surface area contributed by atoms with Gasteiger partial charge < -0.3 is 10.2 Å². The monoisotopic (exact) mass is 261 g/mol. The molecule has 0 saturated heterocycles. The predicted octanol–water partition coefficient (Wildman–Crippen LogP) is 2.93. The fourth-order valence-electron chi connectivity index (χ4n) is 1.12. The van der Waals surface area contributed by atoms with Gasteiger partial charge in [-0.05, 0) is 19.1 Å². The second kappa shape index (κ2) is 4.71. The SMILES string of the molecule is C=C/C(Cl)=C\c1cc(C(F)(F)C(N)=O)oc1C. The van der Waals surface area contributed by atoms with Crippen LogP contribution in [-0.4, -0.2) is 5.91 Å². The highest BCUT2D eigenvalue weighted by atomic mass is 35.5. The molecule has 1 aromatic heterocycles. The number of hydrogen-bond acceptors (Lipinski definition) is 2. The minimum Gasteiger partial charge on any atom is -0.459 e. The number of furan rings is 1. The zero-order valence-corrected chi connectivity index (χ0v) is 9.72. The van der Waals surface area contributed by atoms with E-state index in [1.165, 1.54) is 19.1 Å². The van der Waals surface area contributed by atoms with Crippen LogP contribution in [0.25, 0.3) is 6.08 Å². The number of carbonyl (C=O) groups excluding carboxylic acids is 1. The molecule has 1 rings (SSSR count). The molecule has 0 aliphatic carbocycles. The van der Waals surface area contributed by atoms with Gasteiger partial charge in [0.1, 0.15) is 5.76 Å². The quantitative estimate of drug-likeness (QED) is 0.847. The van der Waals surface area contributed by atoms with Gasteiger partial charge in [0.05, 0.1) is 0 Å². The zero-order chi connectivity index (χ0) is 13.2. The molecule has 17 heavy (non-hydrogen) atoms. The lowest BCUT2D eigenvalue weighted by molar-refractivity contribution is -0.145. The summed E-state index contributed by atoms with van der Waals surface area (Å²) in [6, 6.07) is 1.02. The van der Waals surface area contributed by atoms with Crippen molar-refractivity contribution in [2.75, 3.05) is 0 Å². The summed E-state index contributed by atoms with van der Waals surface area (Å²) in [6.07, 6.45) is 2.74. The van der Waals surface area contributed by atoms with Gasteiger partial charge >= 0.3 is 5.92 Å². The number of amides is 1. The minimum atomic E-state index is -3.84. The predicted molar refractivity (Wildman–Crippen MR) is 60.6 cm³/mol. The molecular formula is C11H10ClF2NO2. The lowest BCUT2D eigenvalue weighted by Crippen LogP contribution is -2.32. The Morgan fingerprint density at radius 3 is 2.71 bits per heavy atom. The van der Waals surface area contributed by atoms with Crippen molar-refractivity contribution in [2.24, 2.45) is 5.73 Å². The summed E-state index contributed by atoms with van der Waals surface area (Å²) >= 11 is 5.68. The van der Waals surface area contributed by atoms with Crippen molar-refractivity contribution in [3.63, 3.8) is 0 Å². The largest absolute Gasteiger partial charge is 0.459 e. The van der Waals surface area contributed by atoms with E-state index in [4.69, 9.17) is 16.0 Å². The summed E-state index contributed by atoms with van der Waals surface area (Å²) in [5, 5.41) is 0.267. The van der Waals surface area contributed by atoms with Gasteiger partial charge in [0.15, 0.2) is 5.76 Å². The van der Waals surface area contributed by atoms with Crippen LogP contribution in [0.1, 0.15) is 17.1 Å². The molecule has 0 radical (unpaired) electrons. The fourth-order valence-corrected chi connectivity index (χ4v) is 1.24. The molecule has 0 fully saturated rings. The van der Waals surface area contributed by atoms with Gasteiger partial charge in [-0.2, -0.15) is 8.78 Å². The standard InChI is InChI=1S/C11H10ClF2NO2/c1-3-8(12)4-7-5-9(17-6(7)2)11(13,14)10(15)16/h3-5H,1H2,2H3,(H2,15,16)/b8-4+. The van der Waals surface area contributed by atoms with Crippen LogP contribution < -0.4 is 5.73 Å². The van der Waals surface area contributed by atoms with E-state index in [9.17, 15) is 13.6 Å². The smallest absolute Gasteiger partial charge is 0.380 e. The van der Waals surface area contributed by atoms with Crippen LogP contribution in [0.5, 0.6) is 0 Å². The molecule has 92 valence electrons. The van der Waals surface area contributed by atoms with Crippen LogP contribution >= 0.6 is 11.6 Å². The molecule has 0 atom stereocenters. The topological polar surface area (TPSA) is 56.2 Å². The van der Waals surface area contributed by atoms with Gasteiger partial charge in [-0.25, -0.2) is 0 Å². The first-order valence-electron chi connectivity index (χ1n) is 4.57. The van der Waals surface area contributed by atoms with Crippen molar-refractivity contribution in [2.45, 2.75) is 12.8 Å². The van der Waals surface area contributed by atoms with Crippen molar-refractivity contribution < 1.29 is 18.0 Å². The average Bonchev–Trinajstić information content (AvgIpc) is 2.60. The van der Waals surface area contributed by atoms with E-state index in [-0.39, 0.29) is 10.8 Å². The lowest BCUT2D eigenvalue weighted by atomic mass is 10.2. The number of nitrogens with two attached hydrogens (primary N) is 1. The maximum atomic E-state index is 13.2. The number of aryl methyl sites for hydroxylation is 1. The average molecular weight is 262 g/mol. The maximum Gasteiger partial charge on any atom is 0.380 e. The van der Waals surface area contributed by atoms with Gasteiger partial charge in [-0.1, -0.05) is 24.3 Å². The molecule has 2 N–H and O–H groups in total. The second-order valence-corrected chi connectivity index (χ2v) is 3.73. The van der Waals surface area contributed by atoms with E-state index in [0.29, 0.717) is 5.56 Å². The van der Waals surface area contributed by atoms with Crippen LogP contribution in [-0.2, 0) is 10.7 Å². The normalized spacial score (nSPS) is 12.6. The van der Waals surface area contributed by atoms with Gasteiger partial charge in [0.2, 0.25) is 0 Å². The maximum absolute atomic E-state index is 13.2. The number of halogens is 3. The summed E-state index contributed by atoms with van der Waals surface area (Å²) in [6.45, 7) is 4.89. The zero-order valence-electron chi connectivity index (χ0n) is 8.97. The van der Waals surface area contributed by atoms with Crippen LogP contribution in [0.4, 0.5) is 8.78 Å². The highest BCUT2D eigenvalue weighted by Crippen LogP contribution is 2.32. The molecule has 1 aromatic rings. The van der Waals surface area contributed by atoms with Gasteiger partial charge in [0.25, 0.3) is 5.91 Å². The Bertz CT molecular complexity index is 492. The molecule has 0 aliphatic rings. The highest BCUT2D eigenvalue weighted by Gasteiger charge is 2.42. The molecule has 0 aliphatic heterocycles. The minimum absolute atomic E-state index is 0.209. The number of hydrogen-bond donors (Lipinski definition) is 1. The Morgan fingerprint density at radius 2 is 2.24 bits per heavy atom. The number of primary amides is 1. The lowest BCUT2D eigenvalue weighted by Gasteiger charge is -2.07. The van der Waals surface area contributed by atoms with Crippen molar-refractivity contribution in [3.8, 4) is 0 Å². The molecule has 3 nitrogen and oxygen atoms in total. The molecule has 1 amide bonds. The summed E-state index contributed by atoms with van der Waals surface area (Å²) < 4.78 is 31.3. The number of rotatable bonds is 4. The Balaban J connectivity index is 3.21. The molecule has 0 aromatic carbocycles. The first-order valence-corrected chi connectivity index (χ1v) is 4.95. The molecule has 0 bridgehead atoms. The van der Waals surface area contributed by atoms with E-state index >= 15 is 0 Å². The first-order chi connectivity index (χ1) is 7.78. The van der Waals surface area contributed by atoms with E-state index in [2.05, 4.69) is 12.3 Å². The summed E-state index contributed by atoms with van der Waals surface area (Å²) in [4.78, 5) is 10.6. The van der Waals surface area contributed by atoms with E-state index in [0.717, 1.165) is 6.07 Å². The van der Waals surface area contributed by atoms with Gasteiger partial charge in [0, 0.05) is 10.6 Å². The molecule has 1 heterocycles. The van der Waals surface area contributed by atoms with Crippen LogP contribution in [0.2, 0.25) is 0 Å². The Labute approximate surface area is 102 Å². The molecule has 0 unspecified atom stereocenters. The summed E-state index contributed by atoms with van der Waals surface area (Å²) in [5.41, 5.74) is 4.92. The van der Waals surface area contributed by atoms with Crippen molar-refractivity contribution in [1.29, 1.82) is 0 Å². The highest BCUT2D eigenvalue weighted by molar-refractivity contribution is 6.33. The Kier molecular flexibility index (Phi) is 3.72. The second-order valence-electron chi connectivity index (χ2n) is 3.29. The van der Waals surface area contributed by atoms with Gasteiger partial charge in [-0.15, -0.1) is 0 Å². The molecule has 6 heteroatoms. The van der Waals surface area contributed by atoms with E-state index in [1.54, 1.807) is 0 Å². The van der Waals surface area contributed by atoms with Crippen LogP contribution in [0.15, 0.2) is 28.2 Å². The molecular weight excluding hydrogens is 252 g/mol. The third-order valence-electron chi connectivity index (χ3n) is 2.06. The van der Waals surface area contributed by atoms with Crippen LogP contribution in [0.3, 0.4) is 0 Å². The van der Waals surface area contributed by atoms with Crippen molar-refractivity contribution in [3.05, 3.63) is 40.8 Å². The first kappa shape index (κ1) is 13.4. The third-order valence-corrected chi connectivity index (χ3v) is 2.33. The fraction of sp³-hybridized carbons (Fsp3) is 0.182. The molecule has 0 spiro atoms. The van der Waals surface area contributed by atoms with Crippen molar-refractivity contribution in [1.82, 2.24) is 0 Å². The third kappa shape index (κ3) is 2.74.